The van der Waals surface area contributed by atoms with Crippen LogP contribution in [0.4, 0.5) is 0 Å². The van der Waals surface area contributed by atoms with Crippen molar-refractivity contribution in [2.75, 3.05) is 0 Å². The number of hydrogen-bond donors (Lipinski definition) is 0. The molecule has 2 aliphatic rings. The summed E-state index contributed by atoms with van der Waals surface area (Å²) in [6, 6.07) is 144. The van der Waals surface area contributed by atoms with Crippen LogP contribution in [0.3, 0.4) is 0 Å². The zero-order chi connectivity index (χ0) is 73.3. The molecule has 0 nitrogen and oxygen atoms in total. The Morgan fingerprint density at radius 1 is 0.145 bits per heavy atom. The quantitative estimate of drug-likeness (QED) is 0.133. The van der Waals surface area contributed by atoms with Crippen LogP contribution in [0.2, 0.25) is 0 Å². The molecule has 0 aliphatic heterocycles. The molecular formula is C110H76. The van der Waals surface area contributed by atoms with Gasteiger partial charge in [-0.05, 0) is 232 Å². The van der Waals surface area contributed by atoms with E-state index in [2.05, 4.69) is 416 Å². The highest BCUT2D eigenvalue weighted by Gasteiger charge is 2.40. The van der Waals surface area contributed by atoms with Gasteiger partial charge in [0, 0.05) is 10.8 Å². The molecule has 20 aromatic rings. The van der Waals surface area contributed by atoms with Crippen molar-refractivity contribution in [3.63, 3.8) is 0 Å². The minimum atomic E-state index is -0.139. The van der Waals surface area contributed by atoms with Crippen LogP contribution in [0.25, 0.3) is 197 Å². The van der Waals surface area contributed by atoms with Crippen LogP contribution in [0, 0.1) is 0 Å². The molecule has 0 saturated carbocycles. The summed E-state index contributed by atoms with van der Waals surface area (Å²) >= 11 is 0. The van der Waals surface area contributed by atoms with E-state index in [4.69, 9.17) is 0 Å². The van der Waals surface area contributed by atoms with Gasteiger partial charge in [0.15, 0.2) is 0 Å². The Labute approximate surface area is 642 Å². The molecule has 0 heterocycles. The van der Waals surface area contributed by atoms with Crippen LogP contribution in [0.1, 0.15) is 49.9 Å². The second-order valence-corrected chi connectivity index (χ2v) is 31.1. The second kappa shape index (κ2) is 25.6. The van der Waals surface area contributed by atoms with Crippen molar-refractivity contribution < 1.29 is 0 Å². The predicted molar refractivity (Wildman–Crippen MR) is 472 cm³/mol. The van der Waals surface area contributed by atoms with Crippen molar-refractivity contribution in [1.29, 1.82) is 0 Å². The minimum absolute atomic E-state index is 0.133. The third kappa shape index (κ3) is 10.1. The molecule has 516 valence electrons. The van der Waals surface area contributed by atoms with E-state index < -0.39 is 0 Å². The summed E-state index contributed by atoms with van der Waals surface area (Å²) in [5, 5.41) is 20.4. The van der Waals surface area contributed by atoms with Gasteiger partial charge in [0.1, 0.15) is 0 Å². The van der Waals surface area contributed by atoms with E-state index in [1.807, 2.05) is 0 Å². The van der Waals surface area contributed by atoms with Crippen molar-refractivity contribution in [3.8, 4) is 111 Å². The molecule has 110 heavy (non-hydrogen) atoms. The molecule has 0 bridgehead atoms. The summed E-state index contributed by atoms with van der Waals surface area (Å²) in [6.45, 7) is 9.59. The highest BCUT2D eigenvalue weighted by atomic mass is 14.4. The number of fused-ring (bicyclic) bond motifs is 16. The Morgan fingerprint density at radius 3 is 0.855 bits per heavy atom. The van der Waals surface area contributed by atoms with Crippen LogP contribution >= 0.6 is 0 Å². The molecule has 0 spiro atoms. The first-order valence-electron chi connectivity index (χ1n) is 38.7. The SMILES string of the molecule is CC1(C)c2ccc3ccccc3c2-c2cccc(-c3cccc(-c4c5ccccc5c(-c5ccc(-c6cccc7ccccc67)cc5)c5ccccc45)c3)c21.CC1(C)c2ccc3ccccc3c2-c2cccc(-c3cccc(-c4c5ccccc5c(-c5ccccc5-c5cccc6ccccc56)c5ccccc45)c3)c21. The van der Waals surface area contributed by atoms with Crippen LogP contribution in [-0.4, -0.2) is 0 Å². The van der Waals surface area contributed by atoms with E-state index >= 15 is 0 Å². The molecule has 0 heteroatoms. The van der Waals surface area contributed by atoms with Crippen molar-refractivity contribution in [2.24, 2.45) is 0 Å². The smallest absolute Gasteiger partial charge is 0.0165 e. The largest absolute Gasteiger partial charge is 0.0616 e. The van der Waals surface area contributed by atoms with Crippen molar-refractivity contribution >= 4 is 86.2 Å². The van der Waals surface area contributed by atoms with Gasteiger partial charge >= 0.3 is 0 Å². The number of hydrogen-bond acceptors (Lipinski definition) is 0. The Bertz CT molecular complexity index is 7070. The molecule has 0 radical (unpaired) electrons. The third-order valence-corrected chi connectivity index (χ3v) is 24.5. The van der Waals surface area contributed by atoms with Gasteiger partial charge in [0.05, 0.1) is 0 Å². The maximum atomic E-state index is 2.44. The van der Waals surface area contributed by atoms with Crippen LogP contribution < -0.4 is 0 Å². The average Bonchev–Trinajstić information content (AvgIpc) is 1.53. The van der Waals surface area contributed by atoms with Gasteiger partial charge in [-0.2, -0.15) is 0 Å². The lowest BCUT2D eigenvalue weighted by Gasteiger charge is -2.25. The fourth-order valence-electron chi connectivity index (χ4n) is 19.6. The molecule has 0 aromatic heterocycles. The fraction of sp³-hybridized carbons (Fsp3) is 0.0545. The standard InChI is InChI=1S/2C55H38/c1-55(2)50-33-32-36-15-4-6-20-43(36)53(50)49-27-13-26-44(54(49)55)39-17-11-18-40(34-39)52-47-23-9-7-21-45(47)51(46-22-8-10-24-48(46)52)38-30-28-37(29-31-38)42-25-12-16-35-14-3-5-19-41(35)42;1-55(2)50-33-32-36-17-4-6-22-40(36)53(50)49-31-15-29-41(54(49)55)37-19-13-20-38(34-37)51-45-25-9-11-27-47(45)52(48-28-12-10-26-46(48)51)44-24-8-7-23-43(44)42-30-14-18-35-16-3-5-21-39(35)42/h2*3-34H,1-2H3. The molecule has 22 rings (SSSR count). The summed E-state index contributed by atoms with van der Waals surface area (Å²) in [5.41, 5.74) is 31.0. The van der Waals surface area contributed by atoms with E-state index in [1.54, 1.807) is 0 Å². The number of rotatable bonds is 8. The maximum Gasteiger partial charge on any atom is 0.0165 e. The van der Waals surface area contributed by atoms with E-state index in [1.165, 1.54) is 220 Å². The highest BCUT2D eigenvalue weighted by molar-refractivity contribution is 6.24. The molecule has 0 N–H and O–H groups in total. The van der Waals surface area contributed by atoms with E-state index in [9.17, 15) is 0 Å². The van der Waals surface area contributed by atoms with Crippen LogP contribution in [-0.2, 0) is 10.8 Å². The second-order valence-electron chi connectivity index (χ2n) is 31.1. The molecule has 0 unspecified atom stereocenters. The topological polar surface area (TPSA) is 0 Å². The summed E-state index contributed by atoms with van der Waals surface area (Å²) in [6.07, 6.45) is 0. The Morgan fingerprint density at radius 2 is 0.418 bits per heavy atom. The highest BCUT2D eigenvalue weighted by Crippen LogP contribution is 2.58. The lowest BCUT2D eigenvalue weighted by atomic mass is 9.78. The normalized spacial score (nSPS) is 13.1. The minimum Gasteiger partial charge on any atom is -0.0616 e. The zero-order valence-electron chi connectivity index (χ0n) is 62.0. The van der Waals surface area contributed by atoms with E-state index in [-0.39, 0.29) is 10.8 Å². The zero-order valence-corrected chi connectivity index (χ0v) is 62.0. The van der Waals surface area contributed by atoms with Gasteiger partial charge in [-0.15, -0.1) is 0 Å². The maximum absolute atomic E-state index is 2.44. The molecule has 0 saturated heterocycles. The monoisotopic (exact) mass is 1400 g/mol. The van der Waals surface area contributed by atoms with Crippen molar-refractivity contribution in [3.05, 3.63) is 411 Å². The van der Waals surface area contributed by atoms with Gasteiger partial charge < -0.3 is 0 Å². The lowest BCUT2D eigenvalue weighted by Crippen LogP contribution is -2.16. The van der Waals surface area contributed by atoms with Crippen molar-refractivity contribution in [2.45, 2.75) is 38.5 Å². The summed E-state index contributed by atoms with van der Waals surface area (Å²) in [7, 11) is 0. The van der Waals surface area contributed by atoms with Gasteiger partial charge in [0.25, 0.3) is 0 Å². The Balaban J connectivity index is 0.000000140. The number of benzene rings is 20. The fourth-order valence-corrected chi connectivity index (χ4v) is 19.6. The average molecular weight is 1400 g/mol. The van der Waals surface area contributed by atoms with E-state index in [0.29, 0.717) is 0 Å². The Hall–Kier alpha value is -13.5. The summed E-state index contributed by atoms with van der Waals surface area (Å²) in [4.78, 5) is 0. The molecule has 2 aliphatic carbocycles. The van der Waals surface area contributed by atoms with Crippen LogP contribution in [0.5, 0.6) is 0 Å². The molecule has 0 amide bonds. The Kier molecular flexibility index (Phi) is 15.1. The first kappa shape index (κ1) is 64.8. The van der Waals surface area contributed by atoms with E-state index in [0.717, 1.165) is 0 Å². The first-order valence-corrected chi connectivity index (χ1v) is 38.7. The lowest BCUT2D eigenvalue weighted by molar-refractivity contribution is 0.662. The van der Waals surface area contributed by atoms with Gasteiger partial charge in [-0.1, -0.05) is 404 Å². The first-order chi connectivity index (χ1) is 54.1. The van der Waals surface area contributed by atoms with Gasteiger partial charge in [-0.25, -0.2) is 0 Å². The molecular weight excluding hydrogens is 1320 g/mol. The van der Waals surface area contributed by atoms with Gasteiger partial charge in [-0.3, -0.25) is 0 Å². The molecule has 0 fully saturated rings. The van der Waals surface area contributed by atoms with Crippen LogP contribution in [0.15, 0.2) is 388 Å². The van der Waals surface area contributed by atoms with Gasteiger partial charge in [0.2, 0.25) is 0 Å². The predicted octanol–water partition coefficient (Wildman–Crippen LogP) is 30.5. The molecule has 20 aromatic carbocycles. The molecule has 0 atom stereocenters. The summed E-state index contributed by atoms with van der Waals surface area (Å²) in [5.74, 6) is 0. The van der Waals surface area contributed by atoms with Crippen molar-refractivity contribution in [1.82, 2.24) is 0 Å². The summed E-state index contributed by atoms with van der Waals surface area (Å²) < 4.78 is 0. The third-order valence-electron chi connectivity index (χ3n) is 24.5.